The van der Waals surface area contributed by atoms with E-state index < -0.39 is 0 Å². The highest BCUT2D eigenvalue weighted by Gasteiger charge is 2.51. The first-order valence-electron chi connectivity index (χ1n) is 10.8. The zero-order valence-electron chi connectivity index (χ0n) is 15.3. The molecule has 0 aromatic heterocycles. The molecule has 24 heavy (non-hydrogen) atoms. The molecule has 4 saturated carbocycles. The number of aliphatic hydroxyl groups excluding tert-OH is 1. The van der Waals surface area contributed by atoms with Gasteiger partial charge in [-0.3, -0.25) is 0 Å². The Morgan fingerprint density at radius 3 is 1.83 bits per heavy atom. The van der Waals surface area contributed by atoms with Crippen LogP contribution in [-0.2, 0) is 0 Å². The number of likely N-dealkylation sites (tertiary alicyclic amines) is 2. The molecule has 0 unspecified atom stereocenters. The van der Waals surface area contributed by atoms with Crippen LogP contribution >= 0.6 is 0 Å². The molecule has 4 bridgehead atoms. The van der Waals surface area contributed by atoms with Gasteiger partial charge in [-0.15, -0.1) is 0 Å². The van der Waals surface area contributed by atoms with Gasteiger partial charge in [0.1, 0.15) is 0 Å². The lowest BCUT2D eigenvalue weighted by atomic mass is 9.49. The minimum absolute atomic E-state index is 0.0302. The summed E-state index contributed by atoms with van der Waals surface area (Å²) in [6.45, 7) is 6.32. The molecule has 0 radical (unpaired) electrons. The molecule has 0 spiro atoms. The zero-order chi connectivity index (χ0) is 16.1. The first kappa shape index (κ1) is 16.1. The summed E-state index contributed by atoms with van der Waals surface area (Å²) >= 11 is 0. The van der Waals surface area contributed by atoms with Crippen molar-refractivity contribution < 1.29 is 5.11 Å². The van der Waals surface area contributed by atoms with Gasteiger partial charge in [0.2, 0.25) is 0 Å². The van der Waals surface area contributed by atoms with E-state index in [1.165, 1.54) is 32.5 Å². The van der Waals surface area contributed by atoms with Crippen LogP contribution in [0.4, 0.5) is 0 Å². The second-order valence-electron chi connectivity index (χ2n) is 10.2. The molecule has 1 N–H and O–H groups in total. The topological polar surface area (TPSA) is 26.7 Å². The fraction of sp³-hybridized carbons (Fsp3) is 1.00. The third kappa shape index (κ3) is 3.05. The SMILES string of the molecule is OC1CCN(C2CCN(CC34CC5CC(CC(C5)C3)C4)CC2)CC1. The number of nitrogens with zero attached hydrogens (tertiary/aromatic N) is 2. The van der Waals surface area contributed by atoms with Crippen molar-refractivity contribution in [2.24, 2.45) is 23.2 Å². The predicted octanol–water partition coefficient (Wildman–Crippen LogP) is 3.12. The number of rotatable bonds is 3. The number of hydrogen-bond acceptors (Lipinski definition) is 3. The summed E-state index contributed by atoms with van der Waals surface area (Å²) in [4.78, 5) is 5.51. The van der Waals surface area contributed by atoms with E-state index in [9.17, 15) is 5.11 Å². The van der Waals surface area contributed by atoms with Gasteiger partial charge in [0.25, 0.3) is 0 Å². The van der Waals surface area contributed by atoms with Crippen LogP contribution in [0.3, 0.4) is 0 Å². The van der Waals surface area contributed by atoms with E-state index in [-0.39, 0.29) is 6.10 Å². The monoisotopic (exact) mass is 332 g/mol. The van der Waals surface area contributed by atoms with Gasteiger partial charge >= 0.3 is 0 Å². The van der Waals surface area contributed by atoms with E-state index in [0.29, 0.717) is 0 Å². The minimum Gasteiger partial charge on any atom is -0.393 e. The lowest BCUT2D eigenvalue weighted by Gasteiger charge is -2.58. The molecule has 2 heterocycles. The average Bonchev–Trinajstić information content (AvgIpc) is 2.55. The summed E-state index contributed by atoms with van der Waals surface area (Å²) in [5.41, 5.74) is 0.719. The Kier molecular flexibility index (Phi) is 4.18. The third-order valence-corrected chi connectivity index (χ3v) is 8.30. The van der Waals surface area contributed by atoms with E-state index in [1.807, 2.05) is 0 Å². The molecule has 2 saturated heterocycles. The Hall–Kier alpha value is -0.120. The number of hydrogen-bond donors (Lipinski definition) is 1. The Bertz CT molecular complexity index is 413. The first-order chi connectivity index (χ1) is 11.7. The summed E-state index contributed by atoms with van der Waals surface area (Å²) in [7, 11) is 0. The van der Waals surface area contributed by atoms with Crippen molar-refractivity contribution in [2.45, 2.75) is 76.4 Å². The summed E-state index contributed by atoms with van der Waals surface area (Å²) in [6.07, 6.45) is 14.1. The first-order valence-corrected chi connectivity index (χ1v) is 10.8. The van der Waals surface area contributed by atoms with Crippen molar-refractivity contribution in [1.29, 1.82) is 0 Å². The van der Waals surface area contributed by atoms with E-state index in [0.717, 1.165) is 55.1 Å². The van der Waals surface area contributed by atoms with Gasteiger partial charge in [-0.25, -0.2) is 0 Å². The van der Waals surface area contributed by atoms with Crippen LogP contribution in [0.1, 0.15) is 64.2 Å². The fourth-order valence-corrected chi connectivity index (χ4v) is 7.65. The highest BCUT2D eigenvalue weighted by molar-refractivity contribution is 5.03. The maximum atomic E-state index is 9.72. The van der Waals surface area contributed by atoms with E-state index in [4.69, 9.17) is 0 Å². The van der Waals surface area contributed by atoms with Crippen LogP contribution in [0.2, 0.25) is 0 Å². The molecule has 136 valence electrons. The van der Waals surface area contributed by atoms with Crippen molar-refractivity contribution in [1.82, 2.24) is 9.80 Å². The smallest absolute Gasteiger partial charge is 0.0564 e. The molecule has 6 rings (SSSR count). The van der Waals surface area contributed by atoms with Gasteiger partial charge in [-0.05, 0) is 100 Å². The van der Waals surface area contributed by atoms with Gasteiger partial charge < -0.3 is 14.9 Å². The summed E-state index contributed by atoms with van der Waals surface area (Å²) in [6, 6.07) is 0.796. The molecule has 6 fully saturated rings. The second-order valence-corrected chi connectivity index (χ2v) is 10.2. The largest absolute Gasteiger partial charge is 0.393 e. The molecule has 0 atom stereocenters. The van der Waals surface area contributed by atoms with E-state index in [2.05, 4.69) is 9.80 Å². The second kappa shape index (κ2) is 6.25. The lowest BCUT2D eigenvalue weighted by Crippen LogP contribution is -2.54. The average molecular weight is 333 g/mol. The standard InChI is InChI=1S/C21H36N2O/c24-20-3-7-23(8-4-20)19-1-5-22(6-2-19)15-21-12-16-9-17(13-21)11-18(10-16)14-21/h16-20,24H,1-15H2. The fourth-order valence-electron chi connectivity index (χ4n) is 7.65. The minimum atomic E-state index is -0.0302. The van der Waals surface area contributed by atoms with Crippen molar-refractivity contribution in [3.8, 4) is 0 Å². The Labute approximate surface area is 147 Å². The highest BCUT2D eigenvalue weighted by Crippen LogP contribution is 2.60. The number of aliphatic hydroxyl groups is 1. The van der Waals surface area contributed by atoms with Gasteiger partial charge in [0.05, 0.1) is 6.10 Å². The maximum Gasteiger partial charge on any atom is 0.0564 e. The molecule has 6 aliphatic rings. The van der Waals surface area contributed by atoms with Crippen LogP contribution < -0.4 is 0 Å². The molecular weight excluding hydrogens is 296 g/mol. The molecule has 3 heteroatoms. The van der Waals surface area contributed by atoms with E-state index in [1.54, 1.807) is 38.5 Å². The van der Waals surface area contributed by atoms with Crippen LogP contribution in [0.25, 0.3) is 0 Å². The Morgan fingerprint density at radius 2 is 1.29 bits per heavy atom. The van der Waals surface area contributed by atoms with Gasteiger partial charge in [-0.1, -0.05) is 0 Å². The predicted molar refractivity (Wildman–Crippen MR) is 96.9 cm³/mol. The summed E-state index contributed by atoms with van der Waals surface area (Å²) in [5, 5.41) is 9.72. The van der Waals surface area contributed by atoms with Gasteiger partial charge in [-0.2, -0.15) is 0 Å². The summed E-state index contributed by atoms with van der Waals surface area (Å²) < 4.78 is 0. The normalized spacial score (nSPS) is 45.1. The Morgan fingerprint density at radius 1 is 0.750 bits per heavy atom. The molecule has 0 amide bonds. The van der Waals surface area contributed by atoms with Crippen molar-refractivity contribution in [2.75, 3.05) is 32.7 Å². The molecular formula is C21H36N2O. The quantitative estimate of drug-likeness (QED) is 0.860. The van der Waals surface area contributed by atoms with Crippen molar-refractivity contribution in [3.63, 3.8) is 0 Å². The molecule has 0 aromatic carbocycles. The van der Waals surface area contributed by atoms with E-state index >= 15 is 0 Å². The van der Waals surface area contributed by atoms with Gasteiger partial charge in [0.15, 0.2) is 0 Å². The van der Waals surface area contributed by atoms with Gasteiger partial charge in [0, 0.05) is 25.7 Å². The van der Waals surface area contributed by atoms with Crippen LogP contribution in [0, 0.1) is 23.2 Å². The molecule has 3 nitrogen and oxygen atoms in total. The molecule has 0 aromatic rings. The molecule has 4 aliphatic carbocycles. The number of piperidine rings is 2. The third-order valence-electron chi connectivity index (χ3n) is 8.30. The maximum absolute atomic E-state index is 9.72. The summed E-state index contributed by atoms with van der Waals surface area (Å²) in [5.74, 6) is 3.27. The van der Waals surface area contributed by atoms with Crippen LogP contribution in [-0.4, -0.2) is 59.8 Å². The Balaban J connectivity index is 1.15. The van der Waals surface area contributed by atoms with Crippen LogP contribution in [0.5, 0.6) is 0 Å². The zero-order valence-corrected chi connectivity index (χ0v) is 15.3. The van der Waals surface area contributed by atoms with Crippen LogP contribution in [0.15, 0.2) is 0 Å². The lowest BCUT2D eigenvalue weighted by molar-refractivity contribution is -0.0740. The molecule has 2 aliphatic heterocycles. The highest BCUT2D eigenvalue weighted by atomic mass is 16.3. The van der Waals surface area contributed by atoms with Crippen molar-refractivity contribution >= 4 is 0 Å². The van der Waals surface area contributed by atoms with Crippen molar-refractivity contribution in [3.05, 3.63) is 0 Å².